The molecule has 1 aromatic rings. The molecule has 0 spiro atoms. The standard InChI is InChI=1S/C75H122N14O16/c1-20-44(16)59(71(100)88-62-47(19)105-75(104)58(43(14)15)84-63(92)49(22-3)77-65(94)51(37-48-30-24-23-25-31-48)79-67(96)55(40(8)9)81-70(99)60(45(17)21-2)86-73(62)102)85-64(93)50(32-27-35-76)78-66(95)52-33-28-36-89(52)74(103)57(42(12)13)83-69(98)56(41(10)11)82-72(101)61(46(18)90)87-68(97)54(39(6)7)80-53(91)34-26-29-38(4)5/h22-25,30-31,38-45,47,50-52,54-62H,20-21,26-29,32-37,76H2,1-19H3,(H,77,94)(H,78,95)(H,79,96)(H,80,91)(H,81,99)(H,82,101)(H,83,98)(H,84,92)(H,85,93)(H,86,102)(H,87,97)(H,88,100)/b49-22-/t44-,45-,47+,50-,51-,52+,54+,55+,56-,57+,58-,59+,60+,61-,62+/m0/s1. The van der Waals surface area contributed by atoms with Crippen LogP contribution in [0.5, 0.6) is 0 Å². The number of esters is 1. The normalized spacial score (nSPS) is 22.2. The Bertz CT molecular complexity index is 3210. The highest BCUT2D eigenvalue weighted by atomic mass is 16.5. The van der Waals surface area contributed by atoms with E-state index in [1.165, 1.54) is 24.8 Å². The SMILES string of the molecule is C/C=C1\NC(=O)[C@H](Cc2ccccc2)NC(=O)[C@@H](C(C)C)NC(=O)[C@@H]([C@@H](C)CC)NC(=O)[C@H](NC(=O)[C@H](NC(=O)[C@H](CCCN)NC(=O)[C@H]2CCCN2C(=O)[C@H](NC(=O)[C@@H](NC(=O)[C@@H](NC(=O)[C@H](NC(=O)CCCC(C)C)C(C)C)C(C)=O)C(C)C)C(C)C)[C@@H](C)CC)[C@@H](C)OC(=O)[C@H](C(C)C)NC1=O. The second-order valence-corrected chi connectivity index (χ2v) is 30.0. The fourth-order valence-corrected chi connectivity index (χ4v) is 12.1. The van der Waals surface area contributed by atoms with Crippen LogP contribution in [-0.2, 0) is 83.1 Å². The van der Waals surface area contributed by atoms with Crippen molar-refractivity contribution in [3.63, 3.8) is 0 Å². The number of allylic oxidation sites excluding steroid dienone is 1. The van der Waals surface area contributed by atoms with Gasteiger partial charge in [0.15, 0.2) is 11.8 Å². The number of cyclic esters (lactones) is 1. The van der Waals surface area contributed by atoms with Crippen LogP contribution in [0.4, 0.5) is 0 Å². The third kappa shape index (κ3) is 27.5. The molecular weight excluding hydrogens is 1350 g/mol. The molecule has 2 heterocycles. The first kappa shape index (κ1) is 90.4. The number of carbonyl (C=O) groups excluding carboxylic acids is 15. The Labute approximate surface area is 619 Å². The van der Waals surface area contributed by atoms with Crippen LogP contribution in [0.1, 0.15) is 195 Å². The van der Waals surface area contributed by atoms with Crippen molar-refractivity contribution in [3.05, 3.63) is 47.7 Å². The van der Waals surface area contributed by atoms with Gasteiger partial charge in [-0.25, -0.2) is 4.79 Å². The van der Waals surface area contributed by atoms with Crippen molar-refractivity contribution < 1.29 is 76.7 Å². The van der Waals surface area contributed by atoms with Gasteiger partial charge in [-0.3, -0.25) is 67.1 Å². The van der Waals surface area contributed by atoms with E-state index in [0.717, 1.165) is 13.3 Å². The molecule has 1 aromatic carbocycles. The summed E-state index contributed by atoms with van der Waals surface area (Å²) in [4.78, 5) is 215. The van der Waals surface area contributed by atoms with Gasteiger partial charge in [0.25, 0.3) is 11.8 Å². The summed E-state index contributed by atoms with van der Waals surface area (Å²) in [6.07, 6.45) is 2.40. The molecule has 30 heteroatoms. The summed E-state index contributed by atoms with van der Waals surface area (Å²) >= 11 is 0. The molecule has 2 aliphatic rings. The Hall–Kier alpha value is -8.83. The van der Waals surface area contributed by atoms with Gasteiger partial charge in [0.05, 0.1) is 0 Å². The minimum absolute atomic E-state index is 0.0369. The van der Waals surface area contributed by atoms with Crippen LogP contribution in [0.2, 0.25) is 0 Å². The highest BCUT2D eigenvalue weighted by Crippen LogP contribution is 2.23. The molecule has 2 aliphatic heterocycles. The van der Waals surface area contributed by atoms with E-state index < -0.39 is 203 Å². The molecule has 0 aromatic heterocycles. The van der Waals surface area contributed by atoms with Crippen molar-refractivity contribution in [1.29, 1.82) is 0 Å². The van der Waals surface area contributed by atoms with Gasteiger partial charge in [-0.15, -0.1) is 0 Å². The van der Waals surface area contributed by atoms with Crippen molar-refractivity contribution in [3.8, 4) is 0 Å². The smallest absolute Gasteiger partial charge is 0.329 e. The van der Waals surface area contributed by atoms with Crippen LogP contribution in [-0.4, -0.2) is 185 Å². The largest absolute Gasteiger partial charge is 0.458 e. The number of rotatable bonds is 33. The van der Waals surface area contributed by atoms with Gasteiger partial charge in [-0.1, -0.05) is 166 Å². The molecule has 0 aliphatic carbocycles. The molecule has 13 amide bonds. The van der Waals surface area contributed by atoms with Crippen LogP contribution < -0.4 is 69.5 Å². The second-order valence-electron chi connectivity index (χ2n) is 30.0. The molecule has 2 saturated heterocycles. The Morgan fingerprint density at radius 3 is 1.71 bits per heavy atom. The topological polar surface area (TPSA) is 439 Å². The maximum atomic E-state index is 15.0. The van der Waals surface area contributed by atoms with Gasteiger partial charge in [0.1, 0.15) is 78.3 Å². The number of nitrogens with one attached hydrogen (secondary N) is 12. The van der Waals surface area contributed by atoms with Gasteiger partial charge in [0, 0.05) is 19.4 Å². The number of amides is 13. The van der Waals surface area contributed by atoms with Crippen molar-refractivity contribution in [2.24, 2.45) is 53.1 Å². The molecule has 105 heavy (non-hydrogen) atoms. The molecule has 3 rings (SSSR count). The number of Topliss-reactive ketones (excluding diaryl/α,β-unsaturated/α-hetero) is 1. The lowest BCUT2D eigenvalue weighted by Gasteiger charge is -2.33. The van der Waals surface area contributed by atoms with Gasteiger partial charge in [-0.2, -0.15) is 0 Å². The number of hydrogen-bond donors (Lipinski definition) is 13. The summed E-state index contributed by atoms with van der Waals surface area (Å²) in [6, 6.07) is -8.00. The van der Waals surface area contributed by atoms with Crippen LogP contribution in [0.15, 0.2) is 42.1 Å². The van der Waals surface area contributed by atoms with Crippen molar-refractivity contribution >= 4 is 88.5 Å². The summed E-state index contributed by atoms with van der Waals surface area (Å²) in [5.74, 6) is -16.2. The number of hydrogen-bond acceptors (Lipinski definition) is 17. The predicted octanol–water partition coefficient (Wildman–Crippen LogP) is 2.04. The summed E-state index contributed by atoms with van der Waals surface area (Å²) in [5, 5.41) is 32.1. The van der Waals surface area contributed by atoms with Gasteiger partial charge in [-0.05, 0) is 112 Å². The number of likely N-dealkylation sites (tertiary alicyclic amines) is 1. The zero-order valence-corrected chi connectivity index (χ0v) is 65.1. The number of benzene rings is 1. The Kier molecular flexibility index (Phi) is 37.5. The molecule has 30 nitrogen and oxygen atoms in total. The monoisotopic (exact) mass is 1470 g/mol. The molecule has 0 unspecified atom stereocenters. The summed E-state index contributed by atoms with van der Waals surface area (Å²) < 4.78 is 5.96. The van der Waals surface area contributed by atoms with Gasteiger partial charge >= 0.3 is 5.97 Å². The van der Waals surface area contributed by atoms with Gasteiger partial charge in [0.2, 0.25) is 65.0 Å². The van der Waals surface area contributed by atoms with Crippen molar-refractivity contribution in [1.82, 2.24) is 68.7 Å². The molecule has 2 fully saturated rings. The van der Waals surface area contributed by atoms with Crippen molar-refractivity contribution in [2.45, 2.75) is 274 Å². The lowest BCUT2D eigenvalue weighted by Crippen LogP contribution is -2.64. The first-order chi connectivity index (χ1) is 49.2. The lowest BCUT2D eigenvalue weighted by molar-refractivity contribution is -0.157. The van der Waals surface area contributed by atoms with E-state index in [4.69, 9.17) is 10.5 Å². The lowest BCUT2D eigenvalue weighted by atomic mass is 9.95. The number of ether oxygens (including phenoxy) is 1. The maximum absolute atomic E-state index is 15.0. The minimum atomic E-state index is -1.83. The van der Waals surface area contributed by atoms with Crippen LogP contribution in [0.25, 0.3) is 0 Å². The van der Waals surface area contributed by atoms with E-state index in [1.54, 1.807) is 127 Å². The summed E-state index contributed by atoms with van der Waals surface area (Å²) in [7, 11) is 0. The molecule has 14 N–H and O–H groups in total. The Morgan fingerprint density at radius 1 is 0.610 bits per heavy atom. The number of nitrogens with two attached hydrogens (primary N) is 1. The molecular formula is C75H122N14O16. The molecule has 0 bridgehead atoms. The van der Waals surface area contributed by atoms with E-state index in [9.17, 15) is 62.3 Å². The Balaban J connectivity index is 2.00. The average Bonchev–Trinajstić information content (AvgIpc) is 1.79. The second kappa shape index (κ2) is 43.6. The molecule has 0 saturated carbocycles. The van der Waals surface area contributed by atoms with Crippen LogP contribution in [0, 0.1) is 47.3 Å². The van der Waals surface area contributed by atoms with Crippen LogP contribution >= 0.6 is 0 Å². The van der Waals surface area contributed by atoms with Gasteiger partial charge < -0.3 is 79.2 Å². The number of carbonyl (C=O) groups is 15. The van der Waals surface area contributed by atoms with E-state index >= 15 is 9.59 Å². The van der Waals surface area contributed by atoms with E-state index in [1.807, 2.05) is 13.8 Å². The summed E-state index contributed by atoms with van der Waals surface area (Å²) in [5.41, 5.74) is 6.33. The number of nitrogens with zero attached hydrogens (tertiary/aromatic N) is 1. The zero-order valence-electron chi connectivity index (χ0n) is 65.1. The number of ketones is 1. The highest BCUT2D eigenvalue weighted by molar-refractivity contribution is 6.09. The third-order valence-electron chi connectivity index (χ3n) is 19.2. The first-order valence-electron chi connectivity index (χ1n) is 37.3. The molecule has 0 radical (unpaired) electrons. The Morgan fingerprint density at radius 2 is 1.17 bits per heavy atom. The fourth-order valence-electron chi connectivity index (χ4n) is 12.1. The molecule has 15 atom stereocenters. The third-order valence-corrected chi connectivity index (χ3v) is 19.2. The quantitative estimate of drug-likeness (QED) is 0.0272. The fraction of sp³-hybridized carbons (Fsp3) is 0.693. The van der Waals surface area contributed by atoms with E-state index in [0.29, 0.717) is 30.7 Å². The zero-order chi connectivity index (χ0) is 79.4. The van der Waals surface area contributed by atoms with E-state index in [-0.39, 0.29) is 63.2 Å². The van der Waals surface area contributed by atoms with E-state index in [2.05, 4.69) is 63.8 Å². The average molecular weight is 1480 g/mol. The minimum Gasteiger partial charge on any atom is -0.458 e. The predicted molar refractivity (Wildman–Crippen MR) is 394 cm³/mol. The first-order valence-corrected chi connectivity index (χ1v) is 37.3. The highest BCUT2D eigenvalue weighted by Gasteiger charge is 2.44. The van der Waals surface area contributed by atoms with Crippen molar-refractivity contribution in [2.75, 3.05) is 13.1 Å². The molecule has 588 valence electrons. The maximum Gasteiger partial charge on any atom is 0.329 e. The summed E-state index contributed by atoms with van der Waals surface area (Å²) in [6.45, 7) is 31.4. The van der Waals surface area contributed by atoms with Crippen LogP contribution in [0.3, 0.4) is 0 Å².